The second-order valence-corrected chi connectivity index (χ2v) is 4.62. The molecular formula is C19H19NO4. The van der Waals surface area contributed by atoms with Crippen LogP contribution in [0.5, 0.6) is 0 Å². The molecule has 0 aromatic heterocycles. The highest BCUT2D eigenvalue weighted by Crippen LogP contribution is 2.20. The van der Waals surface area contributed by atoms with E-state index in [-0.39, 0.29) is 0 Å². The lowest BCUT2D eigenvalue weighted by molar-refractivity contribution is 0.1000. The Morgan fingerprint density at radius 2 is 1.29 bits per heavy atom. The van der Waals surface area contributed by atoms with Crippen LogP contribution in [-0.4, -0.2) is 27.2 Å². The van der Waals surface area contributed by atoms with Crippen molar-refractivity contribution in [2.24, 2.45) is 5.73 Å². The predicted molar refractivity (Wildman–Crippen MR) is 90.4 cm³/mol. The minimum atomic E-state index is -0.508. The van der Waals surface area contributed by atoms with Crippen molar-refractivity contribution >= 4 is 5.91 Å². The van der Waals surface area contributed by atoms with Crippen molar-refractivity contribution in [3.8, 4) is 36.1 Å². The van der Waals surface area contributed by atoms with Crippen LogP contribution >= 0.6 is 0 Å². The van der Waals surface area contributed by atoms with Gasteiger partial charge < -0.3 is 19.9 Å². The lowest BCUT2D eigenvalue weighted by Gasteiger charge is -2.12. The van der Waals surface area contributed by atoms with Gasteiger partial charge in [-0.25, -0.2) is 0 Å². The third kappa shape index (κ3) is 5.87. The third-order valence-electron chi connectivity index (χ3n) is 3.06. The molecule has 0 bridgehead atoms. The molecule has 0 heterocycles. The Hall–Kier alpha value is -3.23. The summed E-state index contributed by atoms with van der Waals surface area (Å²) in [6.07, 6.45) is 8.89. The quantitative estimate of drug-likeness (QED) is 0.846. The molecule has 0 aliphatic carbocycles. The maximum atomic E-state index is 11.6. The molecule has 24 heavy (non-hydrogen) atoms. The molecule has 124 valence electrons. The molecule has 0 spiro atoms. The van der Waals surface area contributed by atoms with Crippen LogP contribution in [0.25, 0.3) is 0 Å². The molecule has 1 amide bonds. The number of nitrogens with two attached hydrogens (primary N) is 1. The Labute approximate surface area is 142 Å². The number of methoxy groups -OCH3 is 3. The van der Waals surface area contributed by atoms with E-state index >= 15 is 0 Å². The zero-order chi connectivity index (χ0) is 17.8. The molecule has 0 radical (unpaired) electrons. The summed E-state index contributed by atoms with van der Waals surface area (Å²) in [6.45, 7) is 0. The SMILES string of the molecule is COC#CCc1cc(C(N)=O)cc(CC#COC)c1CC#COC. The standard InChI is InChI=1S/C19H19NO4/c1-22-10-4-7-15-13-17(19(20)21)14-16(8-5-11-23-2)18(15)9-6-12-24-3/h13-14H,7-9H2,1-3H3,(H2,20,21). The molecule has 1 aromatic carbocycles. The average Bonchev–Trinajstić information content (AvgIpc) is 2.56. The van der Waals surface area contributed by atoms with E-state index in [9.17, 15) is 4.79 Å². The summed E-state index contributed by atoms with van der Waals surface area (Å²) in [7, 11) is 4.48. The van der Waals surface area contributed by atoms with E-state index in [0.29, 0.717) is 24.8 Å². The van der Waals surface area contributed by atoms with Gasteiger partial charge in [-0.1, -0.05) is 17.8 Å². The fourth-order valence-corrected chi connectivity index (χ4v) is 2.09. The Balaban J connectivity index is 3.39. The summed E-state index contributed by atoms with van der Waals surface area (Å²) >= 11 is 0. The topological polar surface area (TPSA) is 70.8 Å². The van der Waals surface area contributed by atoms with Gasteiger partial charge in [0.1, 0.15) is 18.3 Å². The molecule has 1 rings (SSSR count). The van der Waals surface area contributed by atoms with E-state index in [1.807, 2.05) is 0 Å². The number of carbonyl (C=O) groups is 1. The van der Waals surface area contributed by atoms with Crippen molar-refractivity contribution in [1.82, 2.24) is 0 Å². The summed E-state index contributed by atoms with van der Waals surface area (Å²) in [4.78, 5) is 11.6. The molecule has 5 nitrogen and oxygen atoms in total. The van der Waals surface area contributed by atoms with Crippen LogP contribution in [0.1, 0.15) is 27.0 Å². The number of primary amides is 1. The molecule has 0 saturated carbocycles. The number of benzene rings is 1. The molecule has 0 aliphatic rings. The Morgan fingerprint density at radius 1 is 0.875 bits per heavy atom. The molecule has 0 saturated heterocycles. The smallest absolute Gasteiger partial charge is 0.248 e. The van der Waals surface area contributed by atoms with Crippen molar-refractivity contribution in [1.29, 1.82) is 0 Å². The highest BCUT2D eigenvalue weighted by Gasteiger charge is 2.12. The Bertz CT molecular complexity index is 719. The van der Waals surface area contributed by atoms with Crippen molar-refractivity contribution in [2.75, 3.05) is 21.3 Å². The van der Waals surface area contributed by atoms with E-state index in [4.69, 9.17) is 19.9 Å². The highest BCUT2D eigenvalue weighted by atomic mass is 16.5. The maximum absolute atomic E-state index is 11.6. The van der Waals surface area contributed by atoms with Gasteiger partial charge in [-0.2, -0.15) is 0 Å². The van der Waals surface area contributed by atoms with Gasteiger partial charge in [0.15, 0.2) is 0 Å². The number of ether oxygens (including phenoxy) is 3. The predicted octanol–water partition coefficient (Wildman–Crippen LogP) is 1.23. The largest absolute Gasteiger partial charge is 0.450 e. The minimum Gasteiger partial charge on any atom is -0.450 e. The van der Waals surface area contributed by atoms with E-state index in [2.05, 4.69) is 36.1 Å². The Morgan fingerprint density at radius 3 is 1.67 bits per heavy atom. The van der Waals surface area contributed by atoms with E-state index in [0.717, 1.165) is 16.7 Å². The van der Waals surface area contributed by atoms with Crippen molar-refractivity contribution < 1.29 is 19.0 Å². The van der Waals surface area contributed by atoms with Crippen LogP contribution in [-0.2, 0) is 33.5 Å². The van der Waals surface area contributed by atoms with Crippen LogP contribution in [0, 0.1) is 36.1 Å². The van der Waals surface area contributed by atoms with Crippen LogP contribution < -0.4 is 5.73 Å². The van der Waals surface area contributed by atoms with E-state index in [1.54, 1.807) is 12.1 Å². The van der Waals surface area contributed by atoms with Gasteiger partial charge in [0.05, 0.1) is 21.3 Å². The fourth-order valence-electron chi connectivity index (χ4n) is 2.09. The van der Waals surface area contributed by atoms with Crippen molar-refractivity contribution in [3.05, 3.63) is 34.4 Å². The van der Waals surface area contributed by atoms with Gasteiger partial charge in [-0.3, -0.25) is 4.79 Å². The molecule has 2 N–H and O–H groups in total. The summed E-state index contributed by atoms with van der Waals surface area (Å²) in [5, 5.41) is 0. The van der Waals surface area contributed by atoms with Gasteiger partial charge in [0, 0.05) is 24.8 Å². The highest BCUT2D eigenvalue weighted by molar-refractivity contribution is 5.93. The third-order valence-corrected chi connectivity index (χ3v) is 3.06. The van der Waals surface area contributed by atoms with Crippen LogP contribution in [0.2, 0.25) is 0 Å². The normalized spacial score (nSPS) is 8.46. The number of rotatable bonds is 4. The summed E-state index contributed by atoms with van der Waals surface area (Å²) in [5.74, 6) is 8.16. The minimum absolute atomic E-state index is 0.405. The summed E-state index contributed by atoms with van der Waals surface area (Å²) in [5.41, 5.74) is 8.49. The van der Waals surface area contributed by atoms with Gasteiger partial charge in [0.25, 0.3) is 0 Å². The number of hydrogen-bond acceptors (Lipinski definition) is 4. The first-order valence-electron chi connectivity index (χ1n) is 7.11. The first kappa shape index (κ1) is 18.8. The lowest BCUT2D eigenvalue weighted by atomic mass is 9.92. The number of amides is 1. The molecule has 0 aliphatic heterocycles. The second kappa shape index (κ2) is 10.5. The van der Waals surface area contributed by atoms with Gasteiger partial charge in [-0.15, -0.1) is 0 Å². The van der Waals surface area contributed by atoms with Crippen LogP contribution in [0.15, 0.2) is 12.1 Å². The zero-order valence-electron chi connectivity index (χ0n) is 14.0. The number of carbonyl (C=O) groups excluding carboxylic acids is 1. The average molecular weight is 325 g/mol. The molecule has 0 atom stereocenters. The molecule has 0 unspecified atom stereocenters. The molecule has 5 heteroatoms. The van der Waals surface area contributed by atoms with E-state index in [1.165, 1.54) is 21.3 Å². The van der Waals surface area contributed by atoms with E-state index < -0.39 is 5.91 Å². The number of hydrogen-bond donors (Lipinski definition) is 1. The monoisotopic (exact) mass is 325 g/mol. The van der Waals surface area contributed by atoms with Crippen molar-refractivity contribution in [2.45, 2.75) is 19.3 Å². The van der Waals surface area contributed by atoms with Gasteiger partial charge >= 0.3 is 0 Å². The summed E-state index contributed by atoms with van der Waals surface area (Å²) < 4.78 is 14.3. The van der Waals surface area contributed by atoms with Gasteiger partial charge in [0.2, 0.25) is 5.91 Å². The lowest BCUT2D eigenvalue weighted by Crippen LogP contribution is -2.13. The first-order chi connectivity index (χ1) is 11.6. The van der Waals surface area contributed by atoms with Crippen LogP contribution in [0.3, 0.4) is 0 Å². The molecule has 0 fully saturated rings. The molecule has 1 aromatic rings. The van der Waals surface area contributed by atoms with Crippen LogP contribution in [0.4, 0.5) is 0 Å². The maximum Gasteiger partial charge on any atom is 0.248 e. The second-order valence-electron chi connectivity index (χ2n) is 4.62. The fraction of sp³-hybridized carbons (Fsp3) is 0.316. The Kier molecular flexibility index (Phi) is 8.22. The summed E-state index contributed by atoms with van der Waals surface area (Å²) in [6, 6.07) is 3.45. The first-order valence-corrected chi connectivity index (χ1v) is 7.11. The van der Waals surface area contributed by atoms with Gasteiger partial charge in [-0.05, 0) is 28.8 Å². The van der Waals surface area contributed by atoms with Crippen molar-refractivity contribution in [3.63, 3.8) is 0 Å². The zero-order valence-corrected chi connectivity index (χ0v) is 14.0. The molecular weight excluding hydrogens is 306 g/mol.